The zero-order chi connectivity index (χ0) is 26.4. The lowest BCUT2D eigenvalue weighted by molar-refractivity contribution is -0.139. The number of nitrogens with zero attached hydrogens (tertiary/aromatic N) is 1. The number of thiocarbonyl (C=S) groups is 1. The summed E-state index contributed by atoms with van der Waals surface area (Å²) in [7, 11) is 0. The number of carbonyl (C=O) groups excluding carboxylic acids is 2. The van der Waals surface area contributed by atoms with Crippen LogP contribution in [0.25, 0.3) is 0 Å². The van der Waals surface area contributed by atoms with E-state index < -0.39 is 12.0 Å². The lowest BCUT2D eigenvalue weighted by atomic mass is 9.90. The van der Waals surface area contributed by atoms with E-state index in [1.165, 1.54) is 0 Å². The Morgan fingerprint density at radius 3 is 2.03 bits per heavy atom. The van der Waals surface area contributed by atoms with E-state index in [1.807, 2.05) is 104 Å². The summed E-state index contributed by atoms with van der Waals surface area (Å²) in [5.41, 5.74) is 4.66. The average molecular weight is 514 g/mol. The van der Waals surface area contributed by atoms with Crippen LogP contribution in [0.15, 0.2) is 96.2 Å². The van der Waals surface area contributed by atoms with E-state index in [0.717, 1.165) is 22.4 Å². The Bertz CT molecular complexity index is 1250. The molecule has 190 valence electrons. The van der Waals surface area contributed by atoms with Gasteiger partial charge >= 0.3 is 5.97 Å². The van der Waals surface area contributed by atoms with Gasteiger partial charge in [-0.3, -0.25) is 4.79 Å². The SMILES string of the molecule is CCOC(=O)C1=C(C)N(CC)C(=S)NC1c1ccc(NC(=O)C(c2ccccc2)c2ccccc2)cc1. The van der Waals surface area contributed by atoms with Crippen LogP contribution in [-0.2, 0) is 14.3 Å². The first-order chi connectivity index (χ1) is 17.9. The minimum atomic E-state index is -0.444. The Hall–Kier alpha value is -3.97. The first-order valence-electron chi connectivity index (χ1n) is 12.4. The first-order valence-corrected chi connectivity index (χ1v) is 12.8. The van der Waals surface area contributed by atoms with Crippen molar-refractivity contribution in [3.05, 3.63) is 113 Å². The predicted octanol–water partition coefficient (Wildman–Crippen LogP) is 5.55. The van der Waals surface area contributed by atoms with E-state index in [4.69, 9.17) is 17.0 Å². The highest BCUT2D eigenvalue weighted by molar-refractivity contribution is 7.80. The van der Waals surface area contributed by atoms with Gasteiger partial charge in [0.15, 0.2) is 5.11 Å². The molecule has 0 saturated heterocycles. The number of ether oxygens (including phenoxy) is 1. The maximum atomic E-state index is 13.5. The third-order valence-corrected chi connectivity index (χ3v) is 6.79. The van der Waals surface area contributed by atoms with Crippen LogP contribution in [0.3, 0.4) is 0 Å². The molecule has 7 heteroatoms. The minimum absolute atomic E-state index is 0.122. The Morgan fingerprint density at radius 2 is 1.51 bits per heavy atom. The molecule has 1 heterocycles. The predicted molar refractivity (Wildman–Crippen MR) is 150 cm³/mol. The lowest BCUT2D eigenvalue weighted by Crippen LogP contribution is -2.47. The second kappa shape index (κ2) is 11.8. The molecule has 0 fully saturated rings. The third-order valence-electron chi connectivity index (χ3n) is 6.45. The molecule has 4 rings (SSSR count). The standard InChI is InChI=1S/C30H31N3O3S/c1-4-33-20(3)25(29(35)36-5-2)27(32-30(33)37)23-16-18-24(19-17-23)31-28(34)26(21-12-8-6-9-13-21)22-14-10-7-11-15-22/h6-19,26-27H,4-5H2,1-3H3,(H,31,34)(H,32,37). The van der Waals surface area contributed by atoms with Crippen LogP contribution in [0.4, 0.5) is 5.69 Å². The summed E-state index contributed by atoms with van der Waals surface area (Å²) >= 11 is 5.56. The average Bonchev–Trinajstić information content (AvgIpc) is 2.90. The molecule has 1 aliphatic rings. The summed E-state index contributed by atoms with van der Waals surface area (Å²) < 4.78 is 5.35. The van der Waals surface area contributed by atoms with Crippen LogP contribution in [0.5, 0.6) is 0 Å². The van der Waals surface area contributed by atoms with Gasteiger partial charge in [0.2, 0.25) is 5.91 Å². The monoisotopic (exact) mass is 513 g/mol. The van der Waals surface area contributed by atoms with Gasteiger partial charge in [-0.15, -0.1) is 0 Å². The molecule has 2 N–H and O–H groups in total. The molecule has 0 aromatic heterocycles. The summed E-state index contributed by atoms with van der Waals surface area (Å²) in [6, 6.07) is 26.5. The van der Waals surface area contributed by atoms with Crippen molar-refractivity contribution in [2.75, 3.05) is 18.5 Å². The Balaban J connectivity index is 1.60. The van der Waals surface area contributed by atoms with Gasteiger partial charge < -0.3 is 20.3 Å². The van der Waals surface area contributed by atoms with Crippen molar-refractivity contribution in [3.63, 3.8) is 0 Å². The quantitative estimate of drug-likeness (QED) is 0.304. The number of hydrogen-bond acceptors (Lipinski definition) is 4. The highest BCUT2D eigenvalue weighted by Gasteiger charge is 2.34. The number of allylic oxidation sites excluding steroid dienone is 1. The van der Waals surface area contributed by atoms with Crippen molar-refractivity contribution in [2.24, 2.45) is 0 Å². The number of benzene rings is 3. The molecule has 1 atom stereocenters. The first kappa shape index (κ1) is 26.1. The summed E-state index contributed by atoms with van der Waals surface area (Å²) in [5.74, 6) is -0.937. The Kier molecular flexibility index (Phi) is 8.36. The van der Waals surface area contributed by atoms with E-state index in [0.29, 0.717) is 22.9 Å². The summed E-state index contributed by atoms with van der Waals surface area (Å²) in [6.07, 6.45) is 0. The molecule has 0 spiro atoms. The lowest BCUT2D eigenvalue weighted by Gasteiger charge is -2.37. The number of nitrogens with one attached hydrogen (secondary N) is 2. The summed E-state index contributed by atoms with van der Waals surface area (Å²) in [6.45, 7) is 6.58. The maximum absolute atomic E-state index is 13.5. The van der Waals surface area contributed by atoms with Crippen LogP contribution < -0.4 is 10.6 Å². The molecule has 1 amide bonds. The molecule has 0 bridgehead atoms. The Morgan fingerprint density at radius 1 is 0.946 bits per heavy atom. The molecule has 1 unspecified atom stereocenters. The molecule has 1 aliphatic heterocycles. The van der Waals surface area contributed by atoms with Gasteiger partial charge in [-0.1, -0.05) is 72.8 Å². The van der Waals surface area contributed by atoms with Gasteiger partial charge in [-0.2, -0.15) is 0 Å². The summed E-state index contributed by atoms with van der Waals surface area (Å²) in [4.78, 5) is 28.2. The van der Waals surface area contributed by atoms with Crippen molar-refractivity contribution in [1.82, 2.24) is 10.2 Å². The van der Waals surface area contributed by atoms with E-state index in [2.05, 4.69) is 10.6 Å². The third kappa shape index (κ3) is 5.73. The second-order valence-corrected chi connectivity index (χ2v) is 9.10. The number of anilines is 1. The molecule has 3 aromatic carbocycles. The highest BCUT2D eigenvalue weighted by atomic mass is 32.1. The number of carbonyl (C=O) groups is 2. The molecule has 0 aliphatic carbocycles. The molecule has 37 heavy (non-hydrogen) atoms. The van der Waals surface area contributed by atoms with Crippen molar-refractivity contribution in [2.45, 2.75) is 32.7 Å². The minimum Gasteiger partial charge on any atom is -0.463 e. The molecule has 0 radical (unpaired) electrons. The number of amides is 1. The van der Waals surface area contributed by atoms with Gasteiger partial charge in [-0.05, 0) is 61.8 Å². The van der Waals surface area contributed by atoms with Crippen LogP contribution in [0.2, 0.25) is 0 Å². The number of hydrogen-bond donors (Lipinski definition) is 2. The van der Waals surface area contributed by atoms with Gasteiger partial charge in [0.05, 0.1) is 24.1 Å². The largest absolute Gasteiger partial charge is 0.463 e. The van der Waals surface area contributed by atoms with Gasteiger partial charge in [0.25, 0.3) is 0 Å². The van der Waals surface area contributed by atoms with Crippen LogP contribution in [-0.4, -0.2) is 35.0 Å². The van der Waals surface area contributed by atoms with Crippen molar-refractivity contribution in [3.8, 4) is 0 Å². The number of rotatable bonds is 8. The second-order valence-electron chi connectivity index (χ2n) is 8.71. The van der Waals surface area contributed by atoms with Crippen LogP contribution in [0.1, 0.15) is 49.4 Å². The van der Waals surface area contributed by atoms with Crippen LogP contribution >= 0.6 is 12.2 Å². The Labute approximate surface area is 223 Å². The van der Waals surface area contributed by atoms with E-state index in [9.17, 15) is 9.59 Å². The van der Waals surface area contributed by atoms with Crippen LogP contribution in [0, 0.1) is 0 Å². The fourth-order valence-corrected chi connectivity index (χ4v) is 5.03. The molecular weight excluding hydrogens is 482 g/mol. The zero-order valence-electron chi connectivity index (χ0n) is 21.2. The summed E-state index contributed by atoms with van der Waals surface area (Å²) in [5, 5.41) is 6.91. The fraction of sp³-hybridized carbons (Fsp3) is 0.233. The fourth-order valence-electron chi connectivity index (χ4n) is 4.64. The van der Waals surface area contributed by atoms with E-state index in [-0.39, 0.29) is 18.5 Å². The van der Waals surface area contributed by atoms with Gasteiger partial charge in [0.1, 0.15) is 0 Å². The maximum Gasteiger partial charge on any atom is 0.338 e. The molecule has 3 aromatic rings. The van der Waals surface area contributed by atoms with Gasteiger partial charge in [-0.25, -0.2) is 4.79 Å². The normalized spacial score (nSPS) is 15.4. The molecular formula is C30H31N3O3S. The topological polar surface area (TPSA) is 70.7 Å². The van der Waals surface area contributed by atoms with Crippen molar-refractivity contribution >= 4 is 34.9 Å². The smallest absolute Gasteiger partial charge is 0.338 e. The highest BCUT2D eigenvalue weighted by Crippen LogP contribution is 2.32. The van der Waals surface area contributed by atoms with E-state index >= 15 is 0 Å². The van der Waals surface area contributed by atoms with E-state index in [1.54, 1.807) is 6.92 Å². The van der Waals surface area contributed by atoms with Crippen molar-refractivity contribution in [1.29, 1.82) is 0 Å². The zero-order valence-corrected chi connectivity index (χ0v) is 22.0. The number of esters is 1. The van der Waals surface area contributed by atoms with Gasteiger partial charge in [0, 0.05) is 17.9 Å². The van der Waals surface area contributed by atoms with Crippen molar-refractivity contribution < 1.29 is 14.3 Å². The molecule has 6 nitrogen and oxygen atoms in total. The molecule has 0 saturated carbocycles.